The average molecular weight is 415 g/mol. The van der Waals surface area contributed by atoms with Crippen LogP contribution in [0.15, 0.2) is 0 Å². The van der Waals surface area contributed by atoms with Gasteiger partial charge in [0.05, 0.1) is 31.7 Å². The van der Waals surface area contributed by atoms with Crippen molar-refractivity contribution >= 4 is 15.9 Å². The van der Waals surface area contributed by atoms with Crippen LogP contribution in [0.2, 0.25) is 0 Å². The molecule has 142 valence electrons. The molecule has 1 saturated carbocycles. The highest BCUT2D eigenvalue weighted by Gasteiger charge is 2.45. The lowest BCUT2D eigenvalue weighted by Gasteiger charge is -2.39. The Morgan fingerprint density at radius 3 is 2.52 bits per heavy atom. The summed E-state index contributed by atoms with van der Waals surface area (Å²) < 4.78 is 5.74. The van der Waals surface area contributed by atoms with Gasteiger partial charge >= 0.3 is 0 Å². The predicted molar refractivity (Wildman–Crippen MR) is 101 cm³/mol. The fourth-order valence-corrected chi connectivity index (χ4v) is 4.99. The third kappa shape index (κ3) is 5.36. The van der Waals surface area contributed by atoms with Crippen LogP contribution >= 0.6 is 15.9 Å². The van der Waals surface area contributed by atoms with Crippen LogP contribution in [0.3, 0.4) is 0 Å². The van der Waals surface area contributed by atoms with Crippen molar-refractivity contribution in [3.63, 3.8) is 0 Å². The number of hydrazine groups is 1. The van der Waals surface area contributed by atoms with Crippen LogP contribution in [0.25, 0.3) is 0 Å². The Morgan fingerprint density at radius 2 is 1.92 bits per heavy atom. The molecule has 8 heteroatoms. The van der Waals surface area contributed by atoms with Crippen molar-refractivity contribution < 1.29 is 4.74 Å². The average Bonchev–Trinajstić information content (AvgIpc) is 3.28. The van der Waals surface area contributed by atoms with E-state index in [0.29, 0.717) is 23.0 Å². The first-order valence-corrected chi connectivity index (χ1v) is 10.4. The van der Waals surface area contributed by atoms with Crippen LogP contribution in [0.5, 0.6) is 0 Å². The Bertz CT molecular complexity index is 449. The maximum absolute atomic E-state index is 9.00. The van der Waals surface area contributed by atoms with E-state index in [9.17, 15) is 0 Å². The molecule has 4 N–H and O–H groups in total. The second-order valence-electron chi connectivity index (χ2n) is 7.55. The van der Waals surface area contributed by atoms with Gasteiger partial charge in [0.15, 0.2) is 0 Å². The Labute approximate surface area is 159 Å². The van der Waals surface area contributed by atoms with Crippen LogP contribution in [-0.2, 0) is 4.74 Å². The van der Waals surface area contributed by atoms with Crippen molar-refractivity contribution in [1.29, 1.82) is 5.26 Å². The number of hydrogen-bond acceptors (Lipinski definition) is 7. The summed E-state index contributed by atoms with van der Waals surface area (Å²) in [4.78, 5) is 2.49. The van der Waals surface area contributed by atoms with E-state index < -0.39 is 0 Å². The normalized spacial score (nSPS) is 39.3. The molecule has 0 aromatic heterocycles. The number of ether oxygens (including phenoxy) is 1. The number of piperidine rings is 1. The van der Waals surface area contributed by atoms with Crippen LogP contribution in [0, 0.1) is 17.2 Å². The summed E-state index contributed by atoms with van der Waals surface area (Å²) in [7, 11) is 2.05. The number of nitrogens with zero attached hydrogens (tertiary/aromatic N) is 2. The zero-order chi connectivity index (χ0) is 17.6. The van der Waals surface area contributed by atoms with E-state index in [-0.39, 0.29) is 12.2 Å². The molecule has 0 aromatic carbocycles. The molecular weight excluding hydrogens is 384 g/mol. The second-order valence-corrected chi connectivity index (χ2v) is 8.61. The number of halogens is 1. The predicted octanol–water partition coefficient (Wildman–Crippen LogP) is 0.840. The summed E-state index contributed by atoms with van der Waals surface area (Å²) in [5.41, 5.74) is 5.90. The highest BCUT2D eigenvalue weighted by molar-refractivity contribution is 9.09. The number of nitrogens with one attached hydrogen (secondary N) is 4. The highest BCUT2D eigenvalue weighted by Crippen LogP contribution is 2.36. The molecule has 3 aliphatic heterocycles. The van der Waals surface area contributed by atoms with E-state index in [1.54, 1.807) is 0 Å². The Kier molecular flexibility index (Phi) is 7.49. The van der Waals surface area contributed by atoms with Gasteiger partial charge in [0.2, 0.25) is 0 Å². The number of nitriles is 1. The molecule has 0 bridgehead atoms. The summed E-state index contributed by atoms with van der Waals surface area (Å²) >= 11 is 3.83. The molecule has 25 heavy (non-hydrogen) atoms. The number of rotatable bonds is 2. The van der Waals surface area contributed by atoms with Gasteiger partial charge in [0.1, 0.15) is 6.10 Å². The summed E-state index contributed by atoms with van der Waals surface area (Å²) in [6.07, 6.45) is 7.82. The zero-order valence-corrected chi connectivity index (χ0v) is 16.6. The van der Waals surface area contributed by atoms with Crippen LogP contribution in [-0.4, -0.2) is 61.1 Å². The molecule has 0 aromatic rings. The van der Waals surface area contributed by atoms with E-state index >= 15 is 0 Å². The fraction of sp³-hybridized carbons (Fsp3) is 0.941. The van der Waals surface area contributed by atoms with Crippen molar-refractivity contribution in [1.82, 2.24) is 26.4 Å². The quantitative estimate of drug-likeness (QED) is 0.498. The van der Waals surface area contributed by atoms with Crippen LogP contribution < -0.4 is 21.5 Å². The number of alkyl halides is 1. The molecule has 0 amide bonds. The van der Waals surface area contributed by atoms with Crippen molar-refractivity contribution in [2.45, 2.75) is 67.8 Å². The third-order valence-corrected chi connectivity index (χ3v) is 6.76. The first-order valence-electron chi connectivity index (χ1n) is 9.50. The summed E-state index contributed by atoms with van der Waals surface area (Å²) in [6.45, 7) is 2.77. The first-order chi connectivity index (χ1) is 12.2. The Hall–Kier alpha value is -0.270. The molecule has 4 fully saturated rings. The molecular formula is C17H31BrN6O. The van der Waals surface area contributed by atoms with E-state index in [1.165, 1.54) is 32.1 Å². The second kappa shape index (κ2) is 9.60. The molecule has 0 spiro atoms. The van der Waals surface area contributed by atoms with E-state index in [1.807, 2.05) is 7.05 Å². The topological polar surface area (TPSA) is 84.4 Å². The minimum absolute atomic E-state index is 0.193. The molecule has 0 radical (unpaired) electrons. The molecule has 3 heterocycles. The third-order valence-electron chi connectivity index (χ3n) is 5.56. The van der Waals surface area contributed by atoms with Gasteiger partial charge < -0.3 is 4.74 Å². The largest absolute Gasteiger partial charge is 0.358 e. The lowest BCUT2D eigenvalue weighted by molar-refractivity contribution is 0.0401. The minimum atomic E-state index is -0.217. The molecule has 7 nitrogen and oxygen atoms in total. The summed E-state index contributed by atoms with van der Waals surface area (Å²) in [5, 5.41) is 16.3. The Balaban J connectivity index is 0.000000258. The minimum Gasteiger partial charge on any atom is -0.358 e. The smallest absolute Gasteiger partial charge is 0.144 e. The standard InChI is InChI=1S/C14H22BrN3O.C3H9N3/c15-13-11-6-10(7-16)19-12(11)8-17-14(13)18-9-4-2-1-3-5-9;1-6-2-4-5-3-6/h9-14,17-18H,1-6,8H2;4-5H,2-3H2,1H3. The molecule has 5 unspecified atom stereocenters. The van der Waals surface area contributed by atoms with Crippen molar-refractivity contribution in [2.75, 3.05) is 26.9 Å². The van der Waals surface area contributed by atoms with E-state index in [4.69, 9.17) is 10.00 Å². The van der Waals surface area contributed by atoms with Crippen molar-refractivity contribution in [2.24, 2.45) is 5.92 Å². The lowest BCUT2D eigenvalue weighted by atomic mass is 9.89. The molecule has 4 rings (SSSR count). The SMILES string of the molecule is CN1CNNC1.N#CC1CC2C(CNC(NC3CCCCC3)C2Br)O1. The number of fused-ring (bicyclic) bond motifs is 1. The van der Waals surface area contributed by atoms with Crippen molar-refractivity contribution in [3.05, 3.63) is 0 Å². The number of hydrogen-bond donors (Lipinski definition) is 4. The monoisotopic (exact) mass is 414 g/mol. The van der Waals surface area contributed by atoms with Crippen LogP contribution in [0.1, 0.15) is 38.5 Å². The molecule has 3 saturated heterocycles. The van der Waals surface area contributed by atoms with Gasteiger partial charge in [-0.05, 0) is 26.3 Å². The van der Waals surface area contributed by atoms with Gasteiger partial charge in [-0.2, -0.15) is 5.26 Å². The van der Waals surface area contributed by atoms with Crippen molar-refractivity contribution in [3.8, 4) is 6.07 Å². The maximum Gasteiger partial charge on any atom is 0.144 e. The highest BCUT2D eigenvalue weighted by atomic mass is 79.9. The van der Waals surface area contributed by atoms with Gasteiger partial charge in [0, 0.05) is 23.3 Å². The molecule has 1 aliphatic carbocycles. The molecule has 5 atom stereocenters. The first kappa shape index (κ1) is 19.5. The Morgan fingerprint density at radius 1 is 1.20 bits per heavy atom. The van der Waals surface area contributed by atoms with Gasteiger partial charge in [0.25, 0.3) is 0 Å². The van der Waals surface area contributed by atoms with E-state index in [0.717, 1.165) is 26.3 Å². The summed E-state index contributed by atoms with van der Waals surface area (Å²) in [5.74, 6) is 0.451. The maximum atomic E-state index is 9.00. The fourth-order valence-electron chi connectivity index (χ4n) is 4.10. The van der Waals surface area contributed by atoms with Gasteiger partial charge in [-0.25, -0.2) is 10.9 Å². The van der Waals surface area contributed by atoms with Gasteiger partial charge in [-0.15, -0.1) is 0 Å². The van der Waals surface area contributed by atoms with Gasteiger partial charge in [-0.1, -0.05) is 35.2 Å². The van der Waals surface area contributed by atoms with Gasteiger partial charge in [-0.3, -0.25) is 15.5 Å². The molecule has 4 aliphatic rings. The van der Waals surface area contributed by atoms with E-state index in [2.05, 4.69) is 48.4 Å². The van der Waals surface area contributed by atoms with Crippen LogP contribution in [0.4, 0.5) is 0 Å². The summed E-state index contributed by atoms with van der Waals surface area (Å²) in [6, 6.07) is 2.90. The zero-order valence-electron chi connectivity index (χ0n) is 15.0. The lowest BCUT2D eigenvalue weighted by Crippen LogP contribution is -2.61.